The third kappa shape index (κ3) is 1.70. The van der Waals surface area contributed by atoms with Crippen molar-refractivity contribution in [3.05, 3.63) is 23.0 Å². The van der Waals surface area contributed by atoms with E-state index in [4.69, 9.17) is 9.84 Å². The highest BCUT2D eigenvalue weighted by molar-refractivity contribution is 5.69. The van der Waals surface area contributed by atoms with Crippen LogP contribution in [0.15, 0.2) is 17.4 Å². The Morgan fingerprint density at radius 3 is 2.65 bits per heavy atom. The predicted molar refractivity (Wildman–Crippen MR) is 62.0 cm³/mol. The zero-order valence-corrected chi connectivity index (χ0v) is 10.1. The Hall–Kier alpha value is -2.01. The molecule has 0 radical (unpaired) electrons. The van der Waals surface area contributed by atoms with E-state index in [1.54, 1.807) is 0 Å². The van der Waals surface area contributed by atoms with E-state index in [0.717, 1.165) is 6.33 Å². The van der Waals surface area contributed by atoms with Crippen LogP contribution in [-0.2, 0) is 4.74 Å². The summed E-state index contributed by atoms with van der Waals surface area (Å²) in [5, 5.41) is 37.9. The molecule has 20 heavy (non-hydrogen) atoms. The van der Waals surface area contributed by atoms with Gasteiger partial charge in [-0.25, -0.2) is 9.97 Å². The fourth-order valence-electron chi connectivity index (χ4n) is 2.20. The van der Waals surface area contributed by atoms with Gasteiger partial charge in [-0.05, 0) is 0 Å². The largest absolute Gasteiger partial charge is 0.424 e. The molecule has 2 aromatic rings. The van der Waals surface area contributed by atoms with Crippen LogP contribution in [0.1, 0.15) is 6.23 Å². The molecule has 0 aliphatic carbocycles. The highest BCUT2D eigenvalue weighted by Crippen LogP contribution is 2.30. The third-order valence-corrected chi connectivity index (χ3v) is 3.26. The fraction of sp³-hybridized carbons (Fsp3) is 0.500. The van der Waals surface area contributed by atoms with Gasteiger partial charge in [0.15, 0.2) is 17.4 Å². The number of aliphatic hydroxyl groups excluding tert-OH is 3. The molecule has 4 atom stereocenters. The number of rotatable bonds is 2. The monoisotopic (exact) mass is 284 g/mol. The fourth-order valence-corrected chi connectivity index (χ4v) is 2.20. The van der Waals surface area contributed by atoms with Crippen molar-refractivity contribution in [3.8, 4) is 0 Å². The lowest BCUT2D eigenvalue weighted by molar-refractivity contribution is -0.0511. The van der Waals surface area contributed by atoms with Gasteiger partial charge in [0, 0.05) is 0 Å². The maximum atomic E-state index is 11.6. The molecule has 1 saturated heterocycles. The van der Waals surface area contributed by atoms with E-state index in [9.17, 15) is 20.2 Å². The van der Waals surface area contributed by atoms with Crippen molar-refractivity contribution < 1.29 is 25.3 Å². The normalized spacial score (nSPS) is 30.1. The van der Waals surface area contributed by atoms with Crippen molar-refractivity contribution in [3.63, 3.8) is 0 Å². The Balaban J connectivity index is 2.08. The van der Waals surface area contributed by atoms with E-state index < -0.39 is 36.7 Å². The van der Waals surface area contributed by atoms with Crippen molar-refractivity contribution >= 4 is 11.2 Å². The van der Waals surface area contributed by atoms with Crippen LogP contribution in [-0.4, -0.2) is 64.7 Å². The van der Waals surface area contributed by atoms with Gasteiger partial charge in [0.05, 0.1) is 12.9 Å². The minimum Gasteiger partial charge on any atom is -0.424 e. The summed E-state index contributed by atoms with van der Waals surface area (Å²) in [6.45, 7) is -0.460. The summed E-state index contributed by atoms with van der Waals surface area (Å²) in [6.07, 6.45) is -2.44. The molecular weight excluding hydrogens is 272 g/mol. The van der Waals surface area contributed by atoms with Crippen LogP contribution < -0.4 is 5.56 Å². The lowest BCUT2D eigenvalue weighted by Gasteiger charge is -2.16. The number of aliphatic hydroxyl groups is 3. The van der Waals surface area contributed by atoms with E-state index in [-0.39, 0.29) is 15.9 Å². The van der Waals surface area contributed by atoms with Crippen LogP contribution in [0, 0.1) is 0 Å². The van der Waals surface area contributed by atoms with Gasteiger partial charge in [-0.3, -0.25) is 9.36 Å². The molecule has 10 heteroatoms. The number of hydrogen-bond donors (Lipinski definition) is 4. The standard InChI is InChI=1S/C10H12N4O6/c15-1-4-6(16)7(17)10(20-4)13-2-11-5-8(13)12-3-14(19)9(5)18/h2-4,6-7,10,15-17,19H,1H2/t4-,6-,7-,10-/m1/s1. The Morgan fingerprint density at radius 2 is 2.00 bits per heavy atom. The first kappa shape index (κ1) is 13.0. The van der Waals surface area contributed by atoms with E-state index >= 15 is 0 Å². The summed E-state index contributed by atoms with van der Waals surface area (Å²) < 4.78 is 6.87. The van der Waals surface area contributed by atoms with E-state index in [1.165, 1.54) is 10.9 Å². The molecule has 1 aliphatic heterocycles. The molecule has 2 aromatic heterocycles. The SMILES string of the molecule is O=c1c2ncn([C@@H]3O[C@H](CO)[C@@H](O)[C@H]3O)c2ncn1O. The third-order valence-electron chi connectivity index (χ3n) is 3.26. The van der Waals surface area contributed by atoms with Gasteiger partial charge in [0.1, 0.15) is 24.6 Å². The van der Waals surface area contributed by atoms with Crippen LogP contribution in [0.5, 0.6) is 0 Å². The van der Waals surface area contributed by atoms with Crippen LogP contribution in [0.2, 0.25) is 0 Å². The minimum atomic E-state index is -1.30. The molecule has 0 saturated carbocycles. The molecule has 108 valence electrons. The van der Waals surface area contributed by atoms with Crippen molar-refractivity contribution in [2.75, 3.05) is 6.61 Å². The van der Waals surface area contributed by atoms with Gasteiger partial charge >= 0.3 is 5.56 Å². The first-order chi connectivity index (χ1) is 9.54. The van der Waals surface area contributed by atoms with E-state index in [2.05, 4.69) is 9.97 Å². The van der Waals surface area contributed by atoms with Crippen molar-refractivity contribution in [1.82, 2.24) is 19.3 Å². The molecule has 0 aromatic carbocycles. The molecule has 4 N–H and O–H groups in total. The molecule has 0 spiro atoms. The first-order valence-electron chi connectivity index (χ1n) is 5.80. The lowest BCUT2D eigenvalue weighted by atomic mass is 10.1. The van der Waals surface area contributed by atoms with Crippen molar-refractivity contribution in [2.24, 2.45) is 0 Å². The van der Waals surface area contributed by atoms with Crippen LogP contribution in [0.4, 0.5) is 0 Å². The highest BCUT2D eigenvalue weighted by Gasteiger charge is 2.44. The molecule has 3 rings (SSSR count). The average molecular weight is 284 g/mol. The number of hydrogen-bond acceptors (Lipinski definition) is 8. The molecule has 3 heterocycles. The zero-order chi connectivity index (χ0) is 14.4. The molecular formula is C10H12N4O6. The summed E-state index contributed by atoms with van der Waals surface area (Å²) in [7, 11) is 0. The Morgan fingerprint density at radius 1 is 1.25 bits per heavy atom. The number of imidazole rings is 1. The van der Waals surface area contributed by atoms with Gasteiger partial charge in [-0.15, -0.1) is 4.73 Å². The maximum absolute atomic E-state index is 11.6. The second-order valence-electron chi connectivity index (χ2n) is 4.45. The highest BCUT2D eigenvalue weighted by atomic mass is 16.6. The first-order valence-corrected chi connectivity index (χ1v) is 5.80. The summed E-state index contributed by atoms with van der Waals surface area (Å²) in [4.78, 5) is 19.3. The number of aromatic nitrogens is 4. The van der Waals surface area contributed by atoms with E-state index in [1.807, 2.05) is 0 Å². The van der Waals surface area contributed by atoms with Gasteiger partial charge in [-0.1, -0.05) is 0 Å². The Bertz CT molecular complexity index is 697. The number of ether oxygens (including phenoxy) is 1. The van der Waals surface area contributed by atoms with Crippen LogP contribution >= 0.6 is 0 Å². The number of nitrogens with zero attached hydrogens (tertiary/aromatic N) is 4. The van der Waals surface area contributed by atoms with Gasteiger partial charge in [0.25, 0.3) is 0 Å². The topological polar surface area (TPSA) is 143 Å². The molecule has 10 nitrogen and oxygen atoms in total. The molecule has 0 bridgehead atoms. The van der Waals surface area contributed by atoms with Crippen LogP contribution in [0.25, 0.3) is 11.2 Å². The maximum Gasteiger partial charge on any atom is 0.314 e. The summed E-state index contributed by atoms with van der Waals surface area (Å²) in [6, 6.07) is 0. The molecule has 0 amide bonds. The second kappa shape index (κ2) is 4.52. The van der Waals surface area contributed by atoms with Crippen molar-refractivity contribution in [2.45, 2.75) is 24.5 Å². The Labute approximate surface area is 111 Å². The van der Waals surface area contributed by atoms with Gasteiger partial charge in [-0.2, -0.15) is 0 Å². The van der Waals surface area contributed by atoms with E-state index in [0.29, 0.717) is 0 Å². The zero-order valence-electron chi connectivity index (χ0n) is 10.1. The summed E-state index contributed by atoms with van der Waals surface area (Å²) >= 11 is 0. The smallest absolute Gasteiger partial charge is 0.314 e. The lowest BCUT2D eigenvalue weighted by Crippen LogP contribution is -2.33. The molecule has 1 fully saturated rings. The quantitative estimate of drug-likeness (QED) is 0.441. The average Bonchev–Trinajstić information content (AvgIpc) is 2.98. The molecule has 0 unspecified atom stereocenters. The van der Waals surface area contributed by atoms with Gasteiger partial charge < -0.3 is 25.3 Å². The van der Waals surface area contributed by atoms with Crippen molar-refractivity contribution in [1.29, 1.82) is 0 Å². The molecule has 1 aliphatic rings. The summed E-state index contributed by atoms with van der Waals surface area (Å²) in [5.41, 5.74) is -0.775. The Kier molecular flexibility index (Phi) is 2.94. The second-order valence-corrected chi connectivity index (χ2v) is 4.45. The predicted octanol–water partition coefficient (Wildman–Crippen LogP) is -2.56. The minimum absolute atomic E-state index is 0.0927. The van der Waals surface area contributed by atoms with Crippen LogP contribution in [0.3, 0.4) is 0 Å². The summed E-state index contributed by atoms with van der Waals surface area (Å²) in [5.74, 6) is 0. The van der Waals surface area contributed by atoms with Gasteiger partial charge in [0.2, 0.25) is 0 Å². The number of fused-ring (bicyclic) bond motifs is 1.